The number of fused-ring (bicyclic) bond motifs is 1. The first kappa shape index (κ1) is 17.5. The van der Waals surface area contributed by atoms with Gasteiger partial charge in [0.25, 0.3) is 0 Å². The predicted octanol–water partition coefficient (Wildman–Crippen LogP) is 4.67. The Morgan fingerprint density at radius 1 is 1.07 bits per heavy atom. The normalized spacial score (nSPS) is 10.8. The van der Waals surface area contributed by atoms with Gasteiger partial charge >= 0.3 is 11.6 Å². The Balaban J connectivity index is 1.71. The zero-order valence-corrected chi connectivity index (χ0v) is 15.0. The standard InChI is InChI=1S/C21H15N3O4/c1-13-17-7-6-16(27-21-22-8-3-9-23-21)12-19(17)28-20(25)18(13)11-14-4-2-5-15(10-14)24-26/h2-10,12H,11H2,1H3. The van der Waals surface area contributed by atoms with Gasteiger partial charge in [-0.15, -0.1) is 4.91 Å². The van der Waals surface area contributed by atoms with Crippen LogP contribution in [-0.2, 0) is 6.42 Å². The monoisotopic (exact) mass is 373 g/mol. The highest BCUT2D eigenvalue weighted by atomic mass is 16.5. The molecule has 0 aliphatic rings. The second-order valence-corrected chi connectivity index (χ2v) is 6.22. The lowest BCUT2D eigenvalue weighted by Gasteiger charge is -2.09. The zero-order valence-electron chi connectivity index (χ0n) is 15.0. The number of benzene rings is 2. The lowest BCUT2D eigenvalue weighted by molar-refractivity contribution is 0.440. The van der Waals surface area contributed by atoms with Crippen LogP contribution in [0.3, 0.4) is 0 Å². The van der Waals surface area contributed by atoms with E-state index in [0.29, 0.717) is 29.0 Å². The van der Waals surface area contributed by atoms with Gasteiger partial charge in [0.05, 0.1) is 0 Å². The minimum Gasteiger partial charge on any atom is -0.424 e. The van der Waals surface area contributed by atoms with E-state index in [1.54, 1.807) is 48.8 Å². The van der Waals surface area contributed by atoms with E-state index in [2.05, 4.69) is 15.1 Å². The van der Waals surface area contributed by atoms with E-state index >= 15 is 0 Å². The summed E-state index contributed by atoms with van der Waals surface area (Å²) in [6.07, 6.45) is 3.51. The fourth-order valence-electron chi connectivity index (χ4n) is 3.01. The third kappa shape index (κ3) is 3.50. The predicted molar refractivity (Wildman–Crippen MR) is 104 cm³/mol. The minimum atomic E-state index is -0.428. The third-order valence-corrected chi connectivity index (χ3v) is 4.41. The van der Waals surface area contributed by atoms with Crippen LogP contribution in [0.1, 0.15) is 16.7 Å². The molecule has 0 N–H and O–H groups in total. The molecule has 4 aromatic rings. The molecule has 0 spiro atoms. The average Bonchev–Trinajstić information content (AvgIpc) is 2.72. The fourth-order valence-corrected chi connectivity index (χ4v) is 3.01. The molecule has 138 valence electrons. The molecule has 0 saturated carbocycles. The van der Waals surface area contributed by atoms with Gasteiger partial charge in [-0.25, -0.2) is 14.8 Å². The summed E-state index contributed by atoms with van der Waals surface area (Å²) in [5, 5.41) is 3.74. The number of hydrogen-bond acceptors (Lipinski definition) is 7. The van der Waals surface area contributed by atoms with Crippen molar-refractivity contribution in [3.63, 3.8) is 0 Å². The molecule has 2 aromatic heterocycles. The fraction of sp³-hybridized carbons (Fsp3) is 0.0952. The maximum Gasteiger partial charge on any atom is 0.340 e. The van der Waals surface area contributed by atoms with Crippen molar-refractivity contribution >= 4 is 16.7 Å². The van der Waals surface area contributed by atoms with Crippen molar-refractivity contribution in [1.29, 1.82) is 0 Å². The van der Waals surface area contributed by atoms with Crippen LogP contribution < -0.4 is 10.4 Å². The van der Waals surface area contributed by atoms with Crippen molar-refractivity contribution in [2.45, 2.75) is 13.3 Å². The number of nitroso groups, excluding NO2 is 1. The molecule has 0 aliphatic heterocycles. The molecule has 7 heteroatoms. The number of aryl methyl sites for hydroxylation is 1. The van der Waals surface area contributed by atoms with Gasteiger partial charge in [-0.2, -0.15) is 0 Å². The summed E-state index contributed by atoms with van der Waals surface area (Å²) in [7, 11) is 0. The smallest absolute Gasteiger partial charge is 0.340 e. The van der Waals surface area contributed by atoms with E-state index in [4.69, 9.17) is 9.15 Å². The summed E-state index contributed by atoms with van der Waals surface area (Å²) < 4.78 is 11.1. The second-order valence-electron chi connectivity index (χ2n) is 6.22. The largest absolute Gasteiger partial charge is 0.424 e. The Hall–Kier alpha value is -3.87. The average molecular weight is 373 g/mol. The highest BCUT2D eigenvalue weighted by Crippen LogP contribution is 2.27. The lowest BCUT2D eigenvalue weighted by Crippen LogP contribution is -2.11. The number of ether oxygens (including phenoxy) is 1. The van der Waals surface area contributed by atoms with E-state index in [0.717, 1.165) is 16.5 Å². The van der Waals surface area contributed by atoms with Crippen molar-refractivity contribution in [2.75, 3.05) is 0 Å². The zero-order chi connectivity index (χ0) is 19.5. The van der Waals surface area contributed by atoms with E-state index in [1.807, 2.05) is 19.1 Å². The first-order valence-electron chi connectivity index (χ1n) is 8.57. The highest BCUT2D eigenvalue weighted by Gasteiger charge is 2.13. The molecule has 4 rings (SSSR count). The molecule has 7 nitrogen and oxygen atoms in total. The van der Waals surface area contributed by atoms with Gasteiger partial charge in [0.15, 0.2) is 0 Å². The van der Waals surface area contributed by atoms with E-state index in [-0.39, 0.29) is 6.01 Å². The van der Waals surface area contributed by atoms with Gasteiger partial charge in [0, 0.05) is 35.8 Å². The number of rotatable bonds is 5. The molecule has 0 fully saturated rings. The van der Waals surface area contributed by atoms with Gasteiger partial charge in [0.1, 0.15) is 17.0 Å². The van der Waals surface area contributed by atoms with Crippen LogP contribution in [0.15, 0.2) is 75.3 Å². The highest BCUT2D eigenvalue weighted by molar-refractivity contribution is 5.82. The van der Waals surface area contributed by atoms with Gasteiger partial charge in [-0.3, -0.25) is 0 Å². The summed E-state index contributed by atoms with van der Waals surface area (Å²) in [6.45, 7) is 1.87. The number of aromatic nitrogens is 2. The van der Waals surface area contributed by atoms with Gasteiger partial charge < -0.3 is 9.15 Å². The summed E-state index contributed by atoms with van der Waals surface area (Å²) in [5.74, 6) is 0.471. The molecule has 0 bridgehead atoms. The van der Waals surface area contributed by atoms with Crippen molar-refractivity contribution < 1.29 is 9.15 Å². The Morgan fingerprint density at radius 2 is 1.89 bits per heavy atom. The van der Waals surface area contributed by atoms with Crippen LogP contribution >= 0.6 is 0 Å². The molecule has 0 atom stereocenters. The molecular formula is C21H15N3O4. The minimum absolute atomic E-state index is 0.209. The maximum atomic E-state index is 12.6. The quantitative estimate of drug-likeness (QED) is 0.373. The van der Waals surface area contributed by atoms with Gasteiger partial charge in [-0.05, 0) is 53.6 Å². The molecule has 0 unspecified atom stereocenters. The summed E-state index contributed by atoms with van der Waals surface area (Å²) >= 11 is 0. The molecule has 0 aliphatic carbocycles. The van der Waals surface area contributed by atoms with Crippen molar-refractivity contribution in [3.05, 3.63) is 92.9 Å². The van der Waals surface area contributed by atoms with Crippen LogP contribution in [0.5, 0.6) is 11.8 Å². The van der Waals surface area contributed by atoms with Crippen LogP contribution in [0.25, 0.3) is 11.0 Å². The summed E-state index contributed by atoms with van der Waals surface area (Å²) in [6, 6.07) is 14.0. The van der Waals surface area contributed by atoms with Crippen molar-refractivity contribution in [3.8, 4) is 11.8 Å². The molecular weight excluding hydrogens is 358 g/mol. The van der Waals surface area contributed by atoms with Gasteiger partial charge in [-0.1, -0.05) is 12.1 Å². The maximum absolute atomic E-state index is 12.6. The Bertz CT molecular complexity index is 1220. The number of hydrogen-bond donors (Lipinski definition) is 0. The van der Waals surface area contributed by atoms with E-state index in [1.165, 1.54) is 0 Å². The van der Waals surface area contributed by atoms with Crippen LogP contribution in [-0.4, -0.2) is 9.97 Å². The summed E-state index contributed by atoms with van der Waals surface area (Å²) in [5.41, 5.74) is 2.48. The Morgan fingerprint density at radius 3 is 2.68 bits per heavy atom. The molecule has 2 heterocycles. The van der Waals surface area contributed by atoms with Crippen LogP contribution in [0.2, 0.25) is 0 Å². The van der Waals surface area contributed by atoms with Crippen molar-refractivity contribution in [2.24, 2.45) is 5.18 Å². The SMILES string of the molecule is Cc1c(Cc2cccc(N=O)c2)c(=O)oc2cc(Oc3ncccn3)ccc12. The van der Waals surface area contributed by atoms with Crippen molar-refractivity contribution in [1.82, 2.24) is 9.97 Å². The Kier molecular flexibility index (Phi) is 4.63. The first-order valence-corrected chi connectivity index (χ1v) is 8.57. The second kappa shape index (κ2) is 7.40. The topological polar surface area (TPSA) is 94.7 Å². The number of nitrogens with zero attached hydrogens (tertiary/aromatic N) is 3. The Labute approximate surface area is 159 Å². The lowest BCUT2D eigenvalue weighted by atomic mass is 9.99. The van der Waals surface area contributed by atoms with Gasteiger partial charge in [0.2, 0.25) is 0 Å². The summed E-state index contributed by atoms with van der Waals surface area (Å²) in [4.78, 5) is 31.3. The van der Waals surface area contributed by atoms with Crippen LogP contribution in [0.4, 0.5) is 5.69 Å². The molecule has 0 saturated heterocycles. The first-order chi connectivity index (χ1) is 13.6. The molecule has 0 amide bonds. The third-order valence-electron chi connectivity index (χ3n) is 4.41. The van der Waals surface area contributed by atoms with E-state index < -0.39 is 5.63 Å². The molecule has 0 radical (unpaired) electrons. The molecule has 28 heavy (non-hydrogen) atoms. The molecule has 2 aromatic carbocycles. The van der Waals surface area contributed by atoms with E-state index in [9.17, 15) is 9.70 Å². The van der Waals surface area contributed by atoms with Crippen LogP contribution in [0, 0.1) is 11.8 Å².